The van der Waals surface area contributed by atoms with Crippen LogP contribution in [-0.4, -0.2) is 36.2 Å². The number of rotatable bonds is 5. The number of carbonyl (C=O) groups is 2. The summed E-state index contributed by atoms with van der Waals surface area (Å²) in [5.41, 5.74) is 2.52. The summed E-state index contributed by atoms with van der Waals surface area (Å²) in [5.74, 6) is -1.01. The monoisotopic (exact) mass is 293 g/mol. The molecule has 1 aromatic rings. The lowest BCUT2D eigenvalue weighted by Crippen LogP contribution is -2.47. The fourth-order valence-electron chi connectivity index (χ4n) is 2.27. The molecule has 0 heterocycles. The predicted octanol–water partition coefficient (Wildman–Crippen LogP) is 1.19. The van der Waals surface area contributed by atoms with Crippen molar-refractivity contribution >= 4 is 11.9 Å². The Kier molecular flexibility index (Phi) is 5.49. The van der Waals surface area contributed by atoms with Crippen molar-refractivity contribution in [2.75, 3.05) is 13.7 Å². The number of aliphatic hydroxyl groups is 1. The van der Waals surface area contributed by atoms with Crippen molar-refractivity contribution in [3.8, 4) is 0 Å². The van der Waals surface area contributed by atoms with Crippen LogP contribution in [0.3, 0.4) is 0 Å². The lowest BCUT2D eigenvalue weighted by Gasteiger charge is -2.20. The quantitative estimate of drug-likeness (QED) is 0.800. The van der Waals surface area contributed by atoms with Crippen LogP contribution in [0.25, 0.3) is 0 Å². The Morgan fingerprint density at radius 1 is 1.24 bits per heavy atom. The lowest BCUT2D eigenvalue weighted by molar-refractivity contribution is -0.160. The summed E-state index contributed by atoms with van der Waals surface area (Å²) >= 11 is 0. The zero-order valence-electron chi connectivity index (χ0n) is 13.2. The first-order valence-electron chi connectivity index (χ1n) is 6.81. The summed E-state index contributed by atoms with van der Waals surface area (Å²) in [4.78, 5) is 23.3. The molecule has 1 atom stereocenters. The number of esters is 1. The zero-order valence-corrected chi connectivity index (χ0v) is 13.2. The third-order valence-electron chi connectivity index (χ3n) is 3.43. The maximum absolute atomic E-state index is 12.0. The van der Waals surface area contributed by atoms with Crippen LogP contribution in [0.5, 0.6) is 0 Å². The van der Waals surface area contributed by atoms with Gasteiger partial charge in [0.1, 0.15) is 0 Å². The standard InChI is InChI=1S/C16H23NO4/c1-10-6-11(2)13(12(3)7-10)8-14(18)17-9-16(4,20)15(19)21-5/h6-7,20H,8-9H2,1-5H3,(H,17,18)/t16-/m0/s1. The van der Waals surface area contributed by atoms with Gasteiger partial charge in [-0.1, -0.05) is 17.7 Å². The topological polar surface area (TPSA) is 75.6 Å². The maximum atomic E-state index is 12.0. The van der Waals surface area contributed by atoms with Gasteiger partial charge in [0.2, 0.25) is 5.91 Å². The van der Waals surface area contributed by atoms with Crippen molar-refractivity contribution < 1.29 is 19.4 Å². The molecule has 0 aliphatic carbocycles. The summed E-state index contributed by atoms with van der Waals surface area (Å²) in [5, 5.41) is 12.4. The first kappa shape index (κ1) is 17.2. The van der Waals surface area contributed by atoms with E-state index in [0.29, 0.717) is 0 Å². The molecular weight excluding hydrogens is 270 g/mol. The highest BCUT2D eigenvalue weighted by Gasteiger charge is 2.31. The van der Waals surface area contributed by atoms with E-state index in [9.17, 15) is 14.7 Å². The Morgan fingerprint density at radius 3 is 2.24 bits per heavy atom. The number of methoxy groups -OCH3 is 1. The number of benzene rings is 1. The maximum Gasteiger partial charge on any atom is 0.339 e. The van der Waals surface area contributed by atoms with Crippen molar-refractivity contribution in [1.29, 1.82) is 0 Å². The fraction of sp³-hybridized carbons (Fsp3) is 0.500. The number of carbonyl (C=O) groups excluding carboxylic acids is 2. The lowest BCUT2D eigenvalue weighted by atomic mass is 9.97. The Bertz CT molecular complexity index is 526. The minimum atomic E-state index is -1.72. The van der Waals surface area contributed by atoms with Gasteiger partial charge in [0.15, 0.2) is 5.60 Å². The van der Waals surface area contributed by atoms with Crippen LogP contribution in [0.4, 0.5) is 0 Å². The number of nitrogens with one attached hydrogen (secondary N) is 1. The molecule has 0 fully saturated rings. The van der Waals surface area contributed by atoms with Crippen LogP contribution in [-0.2, 0) is 20.7 Å². The van der Waals surface area contributed by atoms with Gasteiger partial charge in [0.05, 0.1) is 20.1 Å². The molecule has 2 N–H and O–H groups in total. The van der Waals surface area contributed by atoms with Gasteiger partial charge < -0.3 is 15.2 Å². The first-order chi connectivity index (χ1) is 9.67. The van der Waals surface area contributed by atoms with Crippen molar-refractivity contribution in [2.24, 2.45) is 0 Å². The molecule has 1 aromatic carbocycles. The van der Waals surface area contributed by atoms with Crippen molar-refractivity contribution in [3.63, 3.8) is 0 Å². The first-order valence-corrected chi connectivity index (χ1v) is 6.81. The number of aryl methyl sites for hydroxylation is 3. The highest BCUT2D eigenvalue weighted by atomic mass is 16.5. The number of hydrogen-bond donors (Lipinski definition) is 2. The molecule has 0 aliphatic rings. The van der Waals surface area contributed by atoms with E-state index in [1.807, 2.05) is 32.9 Å². The second kappa shape index (κ2) is 6.72. The summed E-state index contributed by atoms with van der Waals surface area (Å²) in [7, 11) is 1.19. The van der Waals surface area contributed by atoms with Crippen LogP contribution in [0.1, 0.15) is 29.2 Å². The van der Waals surface area contributed by atoms with E-state index in [-0.39, 0.29) is 18.9 Å². The Labute approximate surface area is 125 Å². The molecule has 116 valence electrons. The Hall–Kier alpha value is -1.88. The van der Waals surface area contributed by atoms with Gasteiger partial charge >= 0.3 is 5.97 Å². The molecule has 0 saturated heterocycles. The smallest absolute Gasteiger partial charge is 0.339 e. The summed E-state index contributed by atoms with van der Waals surface area (Å²) in [6, 6.07) is 4.06. The number of amides is 1. The fourth-order valence-corrected chi connectivity index (χ4v) is 2.27. The minimum Gasteiger partial charge on any atom is -0.467 e. The normalized spacial score (nSPS) is 13.4. The predicted molar refractivity (Wildman–Crippen MR) is 80.0 cm³/mol. The molecule has 0 spiro atoms. The highest BCUT2D eigenvalue weighted by Crippen LogP contribution is 2.17. The largest absolute Gasteiger partial charge is 0.467 e. The van der Waals surface area contributed by atoms with Crippen LogP contribution in [0.2, 0.25) is 0 Å². The van der Waals surface area contributed by atoms with Crippen LogP contribution < -0.4 is 5.32 Å². The van der Waals surface area contributed by atoms with Gasteiger partial charge in [-0.3, -0.25) is 4.79 Å². The Morgan fingerprint density at radius 2 is 1.76 bits per heavy atom. The summed E-state index contributed by atoms with van der Waals surface area (Å²) in [6.07, 6.45) is 0.217. The second-order valence-electron chi connectivity index (χ2n) is 5.60. The van der Waals surface area contributed by atoms with E-state index in [4.69, 9.17) is 0 Å². The molecule has 1 rings (SSSR count). The van der Waals surface area contributed by atoms with Crippen molar-refractivity contribution in [3.05, 3.63) is 34.4 Å². The van der Waals surface area contributed by atoms with Crippen molar-refractivity contribution in [2.45, 2.75) is 39.7 Å². The van der Waals surface area contributed by atoms with Crippen LogP contribution >= 0.6 is 0 Å². The molecule has 5 nitrogen and oxygen atoms in total. The molecule has 0 unspecified atom stereocenters. The molecule has 0 saturated carbocycles. The molecule has 0 bridgehead atoms. The molecule has 0 aliphatic heterocycles. The van der Waals surface area contributed by atoms with Gasteiger partial charge in [-0.2, -0.15) is 0 Å². The van der Waals surface area contributed by atoms with E-state index in [2.05, 4.69) is 10.1 Å². The molecule has 0 aromatic heterocycles. The SMILES string of the molecule is COC(=O)[C@@](C)(O)CNC(=O)Cc1c(C)cc(C)cc1C. The molecule has 21 heavy (non-hydrogen) atoms. The Balaban J connectivity index is 2.69. The zero-order chi connectivity index (χ0) is 16.2. The van der Waals surface area contributed by atoms with E-state index in [1.54, 1.807) is 0 Å². The molecule has 1 amide bonds. The average Bonchev–Trinajstić information content (AvgIpc) is 2.39. The summed E-state index contributed by atoms with van der Waals surface area (Å²) < 4.78 is 4.48. The second-order valence-corrected chi connectivity index (χ2v) is 5.60. The van der Waals surface area contributed by atoms with Crippen LogP contribution in [0, 0.1) is 20.8 Å². The van der Waals surface area contributed by atoms with E-state index in [0.717, 1.165) is 22.3 Å². The van der Waals surface area contributed by atoms with Gasteiger partial charge in [0.25, 0.3) is 0 Å². The molecule has 0 radical (unpaired) electrons. The van der Waals surface area contributed by atoms with E-state index in [1.165, 1.54) is 14.0 Å². The highest BCUT2D eigenvalue weighted by molar-refractivity contribution is 5.82. The van der Waals surface area contributed by atoms with Gasteiger partial charge in [-0.25, -0.2) is 4.79 Å². The minimum absolute atomic E-state index is 0.178. The molecular formula is C16H23NO4. The number of ether oxygens (including phenoxy) is 1. The third kappa shape index (κ3) is 4.56. The van der Waals surface area contributed by atoms with Crippen molar-refractivity contribution in [1.82, 2.24) is 5.32 Å². The molecule has 5 heteroatoms. The third-order valence-corrected chi connectivity index (χ3v) is 3.43. The van der Waals surface area contributed by atoms with Crippen LogP contribution in [0.15, 0.2) is 12.1 Å². The van der Waals surface area contributed by atoms with E-state index >= 15 is 0 Å². The average molecular weight is 293 g/mol. The van der Waals surface area contributed by atoms with Gasteiger partial charge in [-0.15, -0.1) is 0 Å². The summed E-state index contributed by atoms with van der Waals surface area (Å²) in [6.45, 7) is 7.07. The van der Waals surface area contributed by atoms with Gasteiger partial charge in [0, 0.05) is 0 Å². The van der Waals surface area contributed by atoms with Gasteiger partial charge in [-0.05, 0) is 44.4 Å². The number of hydrogen-bond acceptors (Lipinski definition) is 4. The van der Waals surface area contributed by atoms with E-state index < -0.39 is 11.6 Å².